The molecule has 0 atom stereocenters. The van der Waals surface area contributed by atoms with Crippen LogP contribution in [0.25, 0.3) is 0 Å². The fourth-order valence-corrected chi connectivity index (χ4v) is 2.39. The summed E-state index contributed by atoms with van der Waals surface area (Å²) in [6, 6.07) is 3.84. The minimum absolute atomic E-state index is 0.00810. The van der Waals surface area contributed by atoms with Crippen LogP contribution in [0.2, 0.25) is 5.02 Å². The fraction of sp³-hybridized carbons (Fsp3) is 0.455. The lowest BCUT2D eigenvalue weighted by molar-refractivity contribution is 0.280. The van der Waals surface area contributed by atoms with E-state index in [9.17, 15) is 5.11 Å². The Bertz CT molecular complexity index is 323. The zero-order valence-corrected chi connectivity index (χ0v) is 10.7. The van der Waals surface area contributed by atoms with Gasteiger partial charge < -0.3 is 5.11 Å². The second-order valence-corrected chi connectivity index (χ2v) is 5.10. The number of rotatable bonds is 3. The maximum Gasteiger partial charge on any atom is 0.0699 e. The Labute approximate surface area is 98.2 Å². The van der Waals surface area contributed by atoms with Crippen molar-refractivity contribution in [2.75, 3.05) is 0 Å². The summed E-state index contributed by atoms with van der Waals surface area (Å²) >= 11 is 9.43. The summed E-state index contributed by atoms with van der Waals surface area (Å²) in [6.45, 7) is 4.31. The SMILES string of the molecule is CC(C)Cc1cc(Br)cc(Cl)c1CO. The summed E-state index contributed by atoms with van der Waals surface area (Å²) in [6.07, 6.45) is 0.940. The van der Waals surface area contributed by atoms with Crippen molar-refractivity contribution < 1.29 is 5.11 Å². The Kier molecular flexibility index (Phi) is 4.42. The van der Waals surface area contributed by atoms with Crippen LogP contribution in [0.15, 0.2) is 16.6 Å². The van der Waals surface area contributed by atoms with E-state index < -0.39 is 0 Å². The molecule has 0 spiro atoms. The fourth-order valence-electron chi connectivity index (χ4n) is 1.46. The van der Waals surface area contributed by atoms with Gasteiger partial charge in [0.15, 0.2) is 0 Å². The normalized spacial score (nSPS) is 11.0. The number of benzene rings is 1. The van der Waals surface area contributed by atoms with Gasteiger partial charge in [-0.3, -0.25) is 0 Å². The van der Waals surface area contributed by atoms with Crippen LogP contribution in [0.5, 0.6) is 0 Å². The van der Waals surface area contributed by atoms with Gasteiger partial charge in [-0.15, -0.1) is 0 Å². The maximum absolute atomic E-state index is 9.20. The highest BCUT2D eigenvalue weighted by Crippen LogP contribution is 2.27. The summed E-state index contributed by atoms with van der Waals surface area (Å²) in [5.41, 5.74) is 1.98. The van der Waals surface area contributed by atoms with Crippen LogP contribution < -0.4 is 0 Å². The summed E-state index contributed by atoms with van der Waals surface area (Å²) in [7, 11) is 0. The third-order valence-electron chi connectivity index (χ3n) is 2.04. The number of halogens is 2. The Morgan fingerprint density at radius 2 is 2.07 bits per heavy atom. The highest BCUT2D eigenvalue weighted by molar-refractivity contribution is 9.10. The Balaban J connectivity index is 3.11. The number of hydrogen-bond acceptors (Lipinski definition) is 1. The molecule has 78 valence electrons. The van der Waals surface area contributed by atoms with Gasteiger partial charge in [-0.1, -0.05) is 41.4 Å². The van der Waals surface area contributed by atoms with Crippen molar-refractivity contribution in [1.82, 2.24) is 0 Å². The molecular formula is C11H14BrClO. The van der Waals surface area contributed by atoms with E-state index in [1.165, 1.54) is 0 Å². The van der Waals surface area contributed by atoms with Gasteiger partial charge in [0.25, 0.3) is 0 Å². The molecule has 0 fully saturated rings. The minimum Gasteiger partial charge on any atom is -0.392 e. The van der Waals surface area contributed by atoms with Crippen LogP contribution in [-0.2, 0) is 13.0 Å². The van der Waals surface area contributed by atoms with E-state index in [1.807, 2.05) is 12.1 Å². The van der Waals surface area contributed by atoms with Crippen molar-refractivity contribution >= 4 is 27.5 Å². The molecule has 3 heteroatoms. The minimum atomic E-state index is 0.00810. The van der Waals surface area contributed by atoms with Gasteiger partial charge in [0.1, 0.15) is 0 Å². The molecule has 0 radical (unpaired) electrons. The van der Waals surface area contributed by atoms with Crippen molar-refractivity contribution in [3.8, 4) is 0 Å². The molecule has 1 N–H and O–H groups in total. The summed E-state index contributed by atoms with van der Waals surface area (Å²) in [4.78, 5) is 0. The van der Waals surface area contributed by atoms with Crippen LogP contribution in [0.3, 0.4) is 0 Å². The molecule has 0 aromatic heterocycles. The number of hydrogen-bond donors (Lipinski definition) is 1. The lowest BCUT2D eigenvalue weighted by Crippen LogP contribution is -2.00. The molecule has 1 nitrogen and oxygen atoms in total. The van der Waals surface area contributed by atoms with E-state index in [4.69, 9.17) is 11.6 Å². The average molecular weight is 278 g/mol. The third-order valence-corrected chi connectivity index (χ3v) is 2.83. The van der Waals surface area contributed by atoms with Crippen molar-refractivity contribution in [2.24, 2.45) is 5.92 Å². The molecular weight excluding hydrogens is 263 g/mol. The van der Waals surface area contributed by atoms with Crippen molar-refractivity contribution in [1.29, 1.82) is 0 Å². The third kappa shape index (κ3) is 2.97. The van der Waals surface area contributed by atoms with Crippen LogP contribution in [0, 0.1) is 5.92 Å². The van der Waals surface area contributed by atoms with Crippen LogP contribution in [0.1, 0.15) is 25.0 Å². The van der Waals surface area contributed by atoms with Gasteiger partial charge in [-0.2, -0.15) is 0 Å². The molecule has 1 aromatic rings. The van der Waals surface area contributed by atoms with E-state index in [0.717, 1.165) is 22.0 Å². The lowest BCUT2D eigenvalue weighted by Gasteiger charge is -2.12. The van der Waals surface area contributed by atoms with Crippen molar-refractivity contribution in [2.45, 2.75) is 26.9 Å². The van der Waals surface area contributed by atoms with Gasteiger partial charge in [-0.05, 0) is 35.6 Å². The van der Waals surface area contributed by atoms with E-state index in [0.29, 0.717) is 10.9 Å². The standard InChI is InChI=1S/C11H14BrClO/c1-7(2)3-8-4-9(12)5-11(13)10(8)6-14/h4-5,7,14H,3,6H2,1-2H3. The first kappa shape index (κ1) is 12.0. The van der Waals surface area contributed by atoms with Crippen molar-refractivity contribution in [3.05, 3.63) is 32.8 Å². The smallest absolute Gasteiger partial charge is 0.0699 e. The second kappa shape index (κ2) is 5.15. The molecule has 0 aliphatic rings. The van der Waals surface area contributed by atoms with E-state index >= 15 is 0 Å². The quantitative estimate of drug-likeness (QED) is 0.891. The monoisotopic (exact) mass is 276 g/mol. The largest absolute Gasteiger partial charge is 0.392 e. The molecule has 0 saturated carbocycles. The molecule has 0 heterocycles. The number of aliphatic hydroxyl groups is 1. The predicted molar refractivity (Wildman–Crippen MR) is 63.6 cm³/mol. The zero-order valence-electron chi connectivity index (χ0n) is 8.35. The topological polar surface area (TPSA) is 20.2 Å². The summed E-state index contributed by atoms with van der Waals surface area (Å²) < 4.78 is 0.968. The first-order valence-electron chi connectivity index (χ1n) is 4.62. The Hall–Kier alpha value is -0.0500. The highest BCUT2D eigenvalue weighted by atomic mass is 79.9. The van der Waals surface area contributed by atoms with Crippen LogP contribution in [-0.4, -0.2) is 5.11 Å². The molecule has 0 saturated heterocycles. The zero-order chi connectivity index (χ0) is 10.7. The second-order valence-electron chi connectivity index (χ2n) is 3.78. The van der Waals surface area contributed by atoms with Crippen LogP contribution >= 0.6 is 27.5 Å². The van der Waals surface area contributed by atoms with Crippen LogP contribution in [0.4, 0.5) is 0 Å². The molecule has 0 bridgehead atoms. The van der Waals surface area contributed by atoms with Crippen molar-refractivity contribution in [3.63, 3.8) is 0 Å². The first-order valence-corrected chi connectivity index (χ1v) is 5.79. The molecule has 0 amide bonds. The predicted octanol–water partition coefficient (Wildman–Crippen LogP) is 3.79. The van der Waals surface area contributed by atoms with Gasteiger partial charge in [0.05, 0.1) is 6.61 Å². The Morgan fingerprint density at radius 1 is 1.43 bits per heavy atom. The lowest BCUT2D eigenvalue weighted by atomic mass is 9.98. The molecule has 1 aromatic carbocycles. The first-order chi connectivity index (χ1) is 6.54. The van der Waals surface area contributed by atoms with Gasteiger partial charge in [-0.25, -0.2) is 0 Å². The molecule has 0 unspecified atom stereocenters. The van der Waals surface area contributed by atoms with Gasteiger partial charge in [0.2, 0.25) is 0 Å². The summed E-state index contributed by atoms with van der Waals surface area (Å²) in [5, 5.41) is 9.84. The highest BCUT2D eigenvalue weighted by Gasteiger charge is 2.09. The van der Waals surface area contributed by atoms with E-state index in [1.54, 1.807) is 0 Å². The molecule has 0 aliphatic carbocycles. The van der Waals surface area contributed by atoms with E-state index in [2.05, 4.69) is 29.8 Å². The number of aliphatic hydroxyl groups excluding tert-OH is 1. The summed E-state index contributed by atoms with van der Waals surface area (Å²) in [5.74, 6) is 0.561. The molecule has 14 heavy (non-hydrogen) atoms. The molecule has 0 aliphatic heterocycles. The van der Waals surface area contributed by atoms with Gasteiger partial charge in [0, 0.05) is 9.50 Å². The van der Waals surface area contributed by atoms with Gasteiger partial charge >= 0.3 is 0 Å². The Morgan fingerprint density at radius 3 is 2.57 bits per heavy atom. The molecule has 1 rings (SSSR count). The van der Waals surface area contributed by atoms with E-state index in [-0.39, 0.29) is 6.61 Å². The maximum atomic E-state index is 9.20. The average Bonchev–Trinajstić information content (AvgIpc) is 2.01.